The fraction of sp³-hybridized carbons (Fsp3) is 0.136. The second kappa shape index (κ2) is 9.96. The molecular weight excluding hydrogens is 459 g/mol. The van der Waals surface area contributed by atoms with Gasteiger partial charge in [-0.15, -0.1) is 11.3 Å². The summed E-state index contributed by atoms with van der Waals surface area (Å²) in [4.78, 5) is 38.4. The quantitative estimate of drug-likeness (QED) is 0.424. The molecule has 9 heteroatoms. The molecule has 0 atom stereocenters. The average Bonchev–Trinajstić information content (AvgIpc) is 3.07. The summed E-state index contributed by atoms with van der Waals surface area (Å²) in [6.07, 6.45) is 0. The van der Waals surface area contributed by atoms with Crippen LogP contribution in [0.15, 0.2) is 48.5 Å². The first kappa shape index (κ1) is 22.8. The maximum atomic E-state index is 12.9. The molecule has 0 bridgehead atoms. The predicted molar refractivity (Wildman–Crippen MR) is 124 cm³/mol. The van der Waals surface area contributed by atoms with Crippen molar-refractivity contribution < 1.29 is 19.1 Å². The Morgan fingerprint density at radius 3 is 2.39 bits per heavy atom. The SMILES string of the molecule is CCOC(=O)c1c(NC(=O)c2ccccc2)sc(C(=O)Nc2cc(Cl)ccc2Cl)c1C. The van der Waals surface area contributed by atoms with E-state index in [0.717, 1.165) is 11.3 Å². The number of carbonyl (C=O) groups excluding carboxylic acids is 3. The van der Waals surface area contributed by atoms with Crippen LogP contribution in [0.25, 0.3) is 0 Å². The van der Waals surface area contributed by atoms with Gasteiger partial charge in [0.15, 0.2) is 0 Å². The first-order valence-electron chi connectivity index (χ1n) is 9.25. The lowest BCUT2D eigenvalue weighted by molar-refractivity contribution is 0.0527. The largest absolute Gasteiger partial charge is 0.462 e. The fourth-order valence-corrected chi connectivity index (χ4v) is 4.23. The molecule has 0 spiro atoms. The van der Waals surface area contributed by atoms with Gasteiger partial charge in [-0.25, -0.2) is 4.79 Å². The molecule has 2 aromatic carbocycles. The van der Waals surface area contributed by atoms with Crippen LogP contribution >= 0.6 is 34.5 Å². The molecule has 0 aliphatic rings. The van der Waals surface area contributed by atoms with Crippen molar-refractivity contribution in [3.05, 3.63) is 80.1 Å². The van der Waals surface area contributed by atoms with E-state index in [-0.39, 0.29) is 22.0 Å². The fourth-order valence-electron chi connectivity index (χ4n) is 2.80. The summed E-state index contributed by atoms with van der Waals surface area (Å²) in [6, 6.07) is 13.2. The van der Waals surface area contributed by atoms with Gasteiger partial charge in [0.1, 0.15) is 5.00 Å². The molecule has 160 valence electrons. The third kappa shape index (κ3) is 5.25. The number of esters is 1. The lowest BCUT2D eigenvalue weighted by Crippen LogP contribution is -2.15. The topological polar surface area (TPSA) is 84.5 Å². The normalized spacial score (nSPS) is 10.5. The molecule has 2 amide bonds. The Morgan fingerprint density at radius 1 is 1.00 bits per heavy atom. The number of ether oxygens (including phenoxy) is 1. The van der Waals surface area contributed by atoms with Gasteiger partial charge in [0.05, 0.1) is 27.8 Å². The summed E-state index contributed by atoms with van der Waals surface area (Å²) in [5, 5.41) is 6.36. The van der Waals surface area contributed by atoms with Gasteiger partial charge < -0.3 is 15.4 Å². The molecule has 31 heavy (non-hydrogen) atoms. The van der Waals surface area contributed by atoms with Gasteiger partial charge >= 0.3 is 5.97 Å². The molecule has 0 aliphatic carbocycles. The van der Waals surface area contributed by atoms with Crippen LogP contribution in [-0.2, 0) is 4.74 Å². The standard InChI is InChI=1S/C22H18Cl2N2O4S/c1-3-30-22(29)17-12(2)18(20(28)25-16-11-14(23)9-10-15(16)24)31-21(17)26-19(27)13-7-5-4-6-8-13/h4-11H,3H2,1-2H3,(H,25,28)(H,26,27). The molecule has 2 N–H and O–H groups in total. The zero-order chi connectivity index (χ0) is 22.5. The van der Waals surface area contributed by atoms with Gasteiger partial charge in [0.25, 0.3) is 11.8 Å². The van der Waals surface area contributed by atoms with Crippen LogP contribution in [0.1, 0.15) is 42.9 Å². The number of amides is 2. The van der Waals surface area contributed by atoms with Gasteiger partial charge in [-0.2, -0.15) is 0 Å². The Morgan fingerprint density at radius 2 is 1.71 bits per heavy atom. The van der Waals surface area contributed by atoms with Crippen molar-refractivity contribution in [3.63, 3.8) is 0 Å². The molecule has 0 radical (unpaired) electrons. The van der Waals surface area contributed by atoms with Gasteiger partial charge in [-0.05, 0) is 49.7 Å². The number of nitrogens with one attached hydrogen (secondary N) is 2. The first-order valence-corrected chi connectivity index (χ1v) is 10.8. The Kier molecular flexibility index (Phi) is 7.33. The second-order valence-corrected chi connectivity index (χ2v) is 8.24. The summed E-state index contributed by atoms with van der Waals surface area (Å²) in [6.45, 7) is 3.45. The van der Waals surface area contributed by atoms with E-state index in [2.05, 4.69) is 10.6 Å². The summed E-state index contributed by atoms with van der Waals surface area (Å²) in [7, 11) is 0. The summed E-state index contributed by atoms with van der Waals surface area (Å²) in [5.74, 6) is -1.52. The number of carbonyl (C=O) groups is 3. The van der Waals surface area contributed by atoms with Crippen LogP contribution in [0.3, 0.4) is 0 Å². The van der Waals surface area contributed by atoms with E-state index in [4.69, 9.17) is 27.9 Å². The summed E-state index contributed by atoms with van der Waals surface area (Å²) < 4.78 is 5.13. The Balaban J connectivity index is 1.96. The van der Waals surface area contributed by atoms with Crippen LogP contribution in [0.5, 0.6) is 0 Å². The predicted octanol–water partition coefficient (Wildman–Crippen LogP) is 6.04. The van der Waals surface area contributed by atoms with Crippen molar-refractivity contribution in [1.82, 2.24) is 0 Å². The first-order chi connectivity index (χ1) is 14.8. The third-order valence-electron chi connectivity index (χ3n) is 4.27. The number of halogens is 2. The molecule has 0 fully saturated rings. The Hall–Kier alpha value is -2.87. The second-order valence-electron chi connectivity index (χ2n) is 6.38. The highest BCUT2D eigenvalue weighted by Gasteiger charge is 2.27. The highest BCUT2D eigenvalue weighted by atomic mass is 35.5. The van der Waals surface area contributed by atoms with Gasteiger partial charge in [-0.1, -0.05) is 41.4 Å². The number of thiophene rings is 1. The smallest absolute Gasteiger partial charge is 0.341 e. The van der Waals surface area contributed by atoms with E-state index in [1.165, 1.54) is 6.07 Å². The zero-order valence-corrected chi connectivity index (χ0v) is 19.0. The number of anilines is 2. The minimum atomic E-state index is -0.626. The van der Waals surface area contributed by atoms with Crippen LogP contribution in [-0.4, -0.2) is 24.4 Å². The molecule has 0 aliphatic heterocycles. The lowest BCUT2D eigenvalue weighted by Gasteiger charge is -2.07. The molecule has 0 unspecified atom stereocenters. The van der Waals surface area contributed by atoms with E-state index in [9.17, 15) is 14.4 Å². The van der Waals surface area contributed by atoms with E-state index >= 15 is 0 Å². The minimum Gasteiger partial charge on any atom is -0.462 e. The molecule has 3 rings (SSSR count). The maximum Gasteiger partial charge on any atom is 0.341 e. The van der Waals surface area contributed by atoms with Crippen LogP contribution in [0.2, 0.25) is 10.0 Å². The van der Waals surface area contributed by atoms with Crippen molar-refractivity contribution in [2.45, 2.75) is 13.8 Å². The molecule has 0 saturated heterocycles. The molecular formula is C22H18Cl2N2O4S. The zero-order valence-electron chi connectivity index (χ0n) is 16.6. The lowest BCUT2D eigenvalue weighted by atomic mass is 10.1. The highest BCUT2D eigenvalue weighted by molar-refractivity contribution is 7.19. The van der Waals surface area contributed by atoms with Crippen molar-refractivity contribution in [2.75, 3.05) is 17.2 Å². The monoisotopic (exact) mass is 476 g/mol. The van der Waals surface area contributed by atoms with Gasteiger partial charge in [0.2, 0.25) is 0 Å². The van der Waals surface area contributed by atoms with Crippen molar-refractivity contribution in [1.29, 1.82) is 0 Å². The summed E-state index contributed by atoms with van der Waals surface area (Å²) in [5.41, 5.74) is 1.28. The maximum absolute atomic E-state index is 12.9. The van der Waals surface area contributed by atoms with Gasteiger partial charge in [0, 0.05) is 10.6 Å². The van der Waals surface area contributed by atoms with Crippen molar-refractivity contribution >= 4 is 63.0 Å². The molecule has 1 heterocycles. The Labute approximate surface area is 193 Å². The molecule has 0 saturated carbocycles. The van der Waals surface area contributed by atoms with E-state index in [0.29, 0.717) is 26.9 Å². The van der Waals surface area contributed by atoms with Gasteiger partial charge in [-0.3, -0.25) is 9.59 Å². The number of benzene rings is 2. The molecule has 1 aromatic heterocycles. The van der Waals surface area contributed by atoms with Crippen LogP contribution in [0, 0.1) is 6.92 Å². The van der Waals surface area contributed by atoms with E-state index in [1.807, 2.05) is 0 Å². The van der Waals surface area contributed by atoms with Crippen molar-refractivity contribution in [3.8, 4) is 0 Å². The van der Waals surface area contributed by atoms with E-state index in [1.54, 1.807) is 56.3 Å². The van der Waals surface area contributed by atoms with Crippen molar-refractivity contribution in [2.24, 2.45) is 0 Å². The average molecular weight is 477 g/mol. The number of hydrogen-bond donors (Lipinski definition) is 2. The molecule has 6 nitrogen and oxygen atoms in total. The number of rotatable bonds is 6. The molecule has 3 aromatic rings. The van der Waals surface area contributed by atoms with E-state index < -0.39 is 17.8 Å². The van der Waals surface area contributed by atoms with Crippen LogP contribution in [0.4, 0.5) is 10.7 Å². The summed E-state index contributed by atoms with van der Waals surface area (Å²) >= 11 is 13.1. The Bertz CT molecular complexity index is 1150. The van der Waals surface area contributed by atoms with Crippen LogP contribution < -0.4 is 10.6 Å². The third-order valence-corrected chi connectivity index (χ3v) is 6.04. The minimum absolute atomic E-state index is 0.137. The highest BCUT2D eigenvalue weighted by Crippen LogP contribution is 2.35. The number of hydrogen-bond acceptors (Lipinski definition) is 5.